The predicted octanol–water partition coefficient (Wildman–Crippen LogP) is 4.19. The van der Waals surface area contributed by atoms with Crippen LogP contribution in [0.5, 0.6) is 0 Å². The van der Waals surface area contributed by atoms with Crippen molar-refractivity contribution in [1.29, 1.82) is 0 Å². The van der Waals surface area contributed by atoms with Crippen LogP contribution in [0.1, 0.15) is 17.0 Å². The standard InChI is InChI=1S/C22H19ClFNO4/c1-28-21(26)18-12-25(11-14-3-7-16(23)8-4-14)13-19(22(27)29-2)20(18)15-5-9-17(24)10-6-15/h3-10,12-13,20H,11H2,1-2H3. The van der Waals surface area contributed by atoms with E-state index in [2.05, 4.69) is 0 Å². The first-order chi connectivity index (χ1) is 13.9. The molecule has 7 heteroatoms. The third kappa shape index (κ3) is 4.66. The van der Waals surface area contributed by atoms with Gasteiger partial charge in [0.2, 0.25) is 0 Å². The molecule has 0 unspecified atom stereocenters. The molecule has 150 valence electrons. The number of methoxy groups -OCH3 is 2. The first-order valence-corrected chi connectivity index (χ1v) is 9.16. The second kappa shape index (κ2) is 8.92. The van der Waals surface area contributed by atoms with Gasteiger partial charge in [-0.2, -0.15) is 0 Å². The van der Waals surface area contributed by atoms with E-state index < -0.39 is 23.7 Å². The van der Waals surface area contributed by atoms with E-state index in [4.69, 9.17) is 21.1 Å². The number of ether oxygens (including phenoxy) is 2. The Morgan fingerprint density at radius 2 is 1.45 bits per heavy atom. The fourth-order valence-electron chi connectivity index (χ4n) is 3.19. The van der Waals surface area contributed by atoms with E-state index in [9.17, 15) is 14.0 Å². The van der Waals surface area contributed by atoms with E-state index in [1.807, 2.05) is 12.1 Å². The number of hydrogen-bond acceptors (Lipinski definition) is 5. The lowest BCUT2D eigenvalue weighted by molar-refractivity contribution is -0.137. The molecule has 0 aromatic heterocycles. The lowest BCUT2D eigenvalue weighted by atomic mass is 9.83. The number of rotatable bonds is 5. The van der Waals surface area contributed by atoms with Crippen molar-refractivity contribution < 1.29 is 23.5 Å². The number of halogens is 2. The van der Waals surface area contributed by atoms with Gasteiger partial charge in [0.1, 0.15) is 5.82 Å². The Hall–Kier alpha value is -3.12. The van der Waals surface area contributed by atoms with Gasteiger partial charge in [0.25, 0.3) is 0 Å². The highest BCUT2D eigenvalue weighted by atomic mass is 35.5. The summed E-state index contributed by atoms with van der Waals surface area (Å²) in [5.74, 6) is -2.33. The number of esters is 2. The minimum Gasteiger partial charge on any atom is -0.466 e. The van der Waals surface area contributed by atoms with Gasteiger partial charge in [-0.1, -0.05) is 35.9 Å². The van der Waals surface area contributed by atoms with Crippen LogP contribution in [0.25, 0.3) is 0 Å². The highest BCUT2D eigenvalue weighted by molar-refractivity contribution is 6.30. The molecule has 5 nitrogen and oxygen atoms in total. The maximum atomic E-state index is 13.4. The Bertz CT molecular complexity index is 933. The van der Waals surface area contributed by atoms with E-state index >= 15 is 0 Å². The fraction of sp³-hybridized carbons (Fsp3) is 0.182. The van der Waals surface area contributed by atoms with E-state index in [1.165, 1.54) is 38.5 Å². The van der Waals surface area contributed by atoms with Crippen LogP contribution in [-0.4, -0.2) is 31.1 Å². The molecule has 0 N–H and O–H groups in total. The molecule has 2 aromatic carbocycles. The SMILES string of the molecule is COC(=O)C1=CN(Cc2ccc(Cl)cc2)C=C(C(=O)OC)C1c1ccc(F)cc1. The molecule has 1 heterocycles. The quantitative estimate of drug-likeness (QED) is 0.685. The molecule has 0 saturated carbocycles. The van der Waals surface area contributed by atoms with E-state index in [1.54, 1.807) is 29.4 Å². The zero-order chi connectivity index (χ0) is 21.0. The first-order valence-electron chi connectivity index (χ1n) is 8.78. The van der Waals surface area contributed by atoms with Gasteiger partial charge in [-0.3, -0.25) is 0 Å². The largest absolute Gasteiger partial charge is 0.466 e. The van der Waals surface area contributed by atoms with Crippen molar-refractivity contribution in [3.05, 3.63) is 94.0 Å². The Labute approximate surface area is 173 Å². The summed E-state index contributed by atoms with van der Waals surface area (Å²) in [6.07, 6.45) is 3.25. The molecule has 0 aliphatic carbocycles. The summed E-state index contributed by atoms with van der Waals surface area (Å²) in [7, 11) is 2.54. The summed E-state index contributed by atoms with van der Waals surface area (Å²) < 4.78 is 23.3. The number of hydrogen-bond donors (Lipinski definition) is 0. The molecular weight excluding hydrogens is 397 g/mol. The van der Waals surface area contributed by atoms with Gasteiger partial charge >= 0.3 is 11.9 Å². The monoisotopic (exact) mass is 415 g/mol. The van der Waals surface area contributed by atoms with Crippen molar-refractivity contribution >= 4 is 23.5 Å². The van der Waals surface area contributed by atoms with Crippen LogP contribution >= 0.6 is 11.6 Å². The van der Waals surface area contributed by atoms with Gasteiger partial charge in [-0.15, -0.1) is 0 Å². The molecule has 0 atom stereocenters. The van der Waals surface area contributed by atoms with Crippen molar-refractivity contribution in [2.24, 2.45) is 0 Å². The van der Waals surface area contributed by atoms with Crippen molar-refractivity contribution in [3.8, 4) is 0 Å². The lowest BCUT2D eigenvalue weighted by Crippen LogP contribution is -2.28. The fourth-order valence-corrected chi connectivity index (χ4v) is 3.32. The molecule has 0 fully saturated rings. The Kier molecular flexibility index (Phi) is 6.34. The van der Waals surface area contributed by atoms with Gasteiger partial charge in [0.15, 0.2) is 0 Å². The molecule has 1 aliphatic rings. The molecule has 0 bridgehead atoms. The number of benzene rings is 2. The smallest absolute Gasteiger partial charge is 0.336 e. The third-order valence-corrected chi connectivity index (χ3v) is 4.81. The molecule has 2 aromatic rings. The van der Waals surface area contributed by atoms with Crippen LogP contribution in [0.2, 0.25) is 5.02 Å². The zero-order valence-electron chi connectivity index (χ0n) is 15.9. The topological polar surface area (TPSA) is 55.8 Å². The Balaban J connectivity index is 2.05. The van der Waals surface area contributed by atoms with E-state index in [-0.39, 0.29) is 11.1 Å². The highest BCUT2D eigenvalue weighted by Crippen LogP contribution is 2.37. The van der Waals surface area contributed by atoms with Crippen LogP contribution < -0.4 is 0 Å². The highest BCUT2D eigenvalue weighted by Gasteiger charge is 2.35. The average molecular weight is 416 g/mol. The zero-order valence-corrected chi connectivity index (χ0v) is 16.7. The lowest BCUT2D eigenvalue weighted by Gasteiger charge is -2.30. The molecule has 0 spiro atoms. The van der Waals surface area contributed by atoms with Crippen molar-refractivity contribution in [2.75, 3.05) is 14.2 Å². The van der Waals surface area contributed by atoms with Crippen molar-refractivity contribution in [3.63, 3.8) is 0 Å². The van der Waals surface area contributed by atoms with Crippen molar-refractivity contribution in [1.82, 2.24) is 4.90 Å². The summed E-state index contributed by atoms with van der Waals surface area (Å²) in [5, 5.41) is 0.611. The van der Waals surface area contributed by atoms with Gasteiger partial charge in [0.05, 0.1) is 31.3 Å². The van der Waals surface area contributed by atoms with Crippen molar-refractivity contribution in [2.45, 2.75) is 12.5 Å². The van der Waals surface area contributed by atoms with E-state index in [0.29, 0.717) is 17.1 Å². The second-order valence-corrected chi connectivity index (χ2v) is 6.87. The molecule has 29 heavy (non-hydrogen) atoms. The summed E-state index contributed by atoms with van der Waals surface area (Å²) in [6, 6.07) is 12.8. The van der Waals surface area contributed by atoms with Gasteiger partial charge in [-0.05, 0) is 35.4 Å². The van der Waals surface area contributed by atoms with Crippen LogP contribution in [-0.2, 0) is 25.6 Å². The molecule has 0 radical (unpaired) electrons. The van der Waals surface area contributed by atoms with Crippen LogP contribution in [0.15, 0.2) is 72.1 Å². The Morgan fingerprint density at radius 3 is 1.93 bits per heavy atom. The van der Waals surface area contributed by atoms with Gasteiger partial charge in [-0.25, -0.2) is 14.0 Å². The van der Waals surface area contributed by atoms with Crippen LogP contribution in [0, 0.1) is 5.82 Å². The van der Waals surface area contributed by atoms with Gasteiger partial charge < -0.3 is 14.4 Å². The molecule has 0 amide bonds. The maximum Gasteiger partial charge on any atom is 0.336 e. The maximum absolute atomic E-state index is 13.4. The average Bonchev–Trinajstić information content (AvgIpc) is 2.74. The molecule has 3 rings (SSSR count). The van der Waals surface area contributed by atoms with E-state index in [0.717, 1.165) is 5.56 Å². The number of carbonyl (C=O) groups excluding carboxylic acids is 2. The number of carbonyl (C=O) groups is 2. The molecule has 1 aliphatic heterocycles. The normalized spacial score (nSPS) is 14.1. The van der Waals surface area contributed by atoms with Crippen LogP contribution in [0.3, 0.4) is 0 Å². The molecule has 0 saturated heterocycles. The molecular formula is C22H19ClFNO4. The predicted molar refractivity (Wildman–Crippen MR) is 106 cm³/mol. The summed E-state index contributed by atoms with van der Waals surface area (Å²) in [5.41, 5.74) is 1.99. The third-order valence-electron chi connectivity index (χ3n) is 4.56. The summed E-state index contributed by atoms with van der Waals surface area (Å²) in [4.78, 5) is 26.8. The Morgan fingerprint density at radius 1 is 0.931 bits per heavy atom. The minimum atomic E-state index is -0.739. The van der Waals surface area contributed by atoms with Gasteiger partial charge in [0, 0.05) is 24.0 Å². The first kappa shape index (κ1) is 20.6. The summed E-state index contributed by atoms with van der Waals surface area (Å²) in [6.45, 7) is 0.397. The number of nitrogens with zero attached hydrogens (tertiary/aromatic N) is 1. The van der Waals surface area contributed by atoms with Crippen LogP contribution in [0.4, 0.5) is 4.39 Å². The minimum absolute atomic E-state index is 0.246. The summed E-state index contributed by atoms with van der Waals surface area (Å²) >= 11 is 5.93. The second-order valence-electron chi connectivity index (χ2n) is 6.44.